The van der Waals surface area contributed by atoms with Crippen LogP contribution in [-0.4, -0.2) is 16.6 Å². The molecule has 1 aromatic rings. The fourth-order valence-corrected chi connectivity index (χ4v) is 1.21. The van der Waals surface area contributed by atoms with E-state index in [2.05, 4.69) is 16.0 Å². The Morgan fingerprint density at radius 3 is 2.71 bits per heavy atom. The lowest BCUT2D eigenvalue weighted by Crippen LogP contribution is -2.14. The molecule has 0 radical (unpaired) electrons. The van der Waals surface area contributed by atoms with E-state index >= 15 is 0 Å². The summed E-state index contributed by atoms with van der Waals surface area (Å²) in [6.45, 7) is 0.0326. The van der Waals surface area contributed by atoms with Gasteiger partial charge in [0.05, 0.1) is 11.5 Å². The molecule has 0 atom stereocenters. The van der Waals surface area contributed by atoms with Gasteiger partial charge in [-0.15, -0.1) is 0 Å². The van der Waals surface area contributed by atoms with Crippen molar-refractivity contribution >= 4 is 0 Å². The fourth-order valence-electron chi connectivity index (χ4n) is 1.21. The summed E-state index contributed by atoms with van der Waals surface area (Å²) < 4.78 is 42.0. The van der Waals surface area contributed by atoms with Crippen LogP contribution in [0.15, 0.2) is 12.3 Å². The maximum Gasteiger partial charge on any atom is 0.433 e. The van der Waals surface area contributed by atoms with Gasteiger partial charge in [-0.25, -0.2) is 4.98 Å². The fraction of sp³-hybridized carbons (Fsp3) is 0.500. The van der Waals surface area contributed by atoms with Gasteiger partial charge in [0.1, 0.15) is 6.61 Å². The largest absolute Gasteiger partial charge is 0.462 e. The monoisotopic (exact) mass is 243 g/mol. The van der Waals surface area contributed by atoms with Crippen molar-refractivity contribution in [1.82, 2.24) is 9.97 Å². The lowest BCUT2D eigenvalue weighted by atomic mass is 10.2. The van der Waals surface area contributed by atoms with Crippen LogP contribution in [0.2, 0.25) is 0 Å². The topological polar surface area (TPSA) is 58.8 Å². The predicted molar refractivity (Wildman–Crippen MR) is 49.8 cm³/mol. The first-order valence-corrected chi connectivity index (χ1v) is 4.90. The minimum absolute atomic E-state index is 0.0326. The van der Waals surface area contributed by atoms with Crippen LogP contribution in [0.5, 0.6) is 6.01 Å². The molecule has 7 heteroatoms. The summed E-state index contributed by atoms with van der Waals surface area (Å²) in [6, 6.07) is 2.49. The second-order valence-corrected chi connectivity index (χ2v) is 3.90. The van der Waals surface area contributed by atoms with E-state index in [9.17, 15) is 13.2 Å². The molecule has 90 valence electrons. The Balaban J connectivity index is 2.05. The SMILES string of the molecule is N#CC1(COc2nccc(C(F)(F)F)n2)CC1. The average Bonchev–Trinajstić information content (AvgIpc) is 3.06. The van der Waals surface area contributed by atoms with Gasteiger partial charge in [0.2, 0.25) is 0 Å². The highest BCUT2D eigenvalue weighted by Crippen LogP contribution is 2.44. The highest BCUT2D eigenvalue weighted by molar-refractivity contribution is 5.12. The molecule has 0 aliphatic heterocycles. The zero-order valence-corrected chi connectivity index (χ0v) is 8.66. The highest BCUT2D eigenvalue weighted by Gasteiger charge is 2.44. The Labute approximate surface area is 95.1 Å². The van der Waals surface area contributed by atoms with Gasteiger partial charge >= 0.3 is 12.2 Å². The minimum Gasteiger partial charge on any atom is -0.462 e. The summed E-state index contributed by atoms with van der Waals surface area (Å²) in [7, 11) is 0. The van der Waals surface area contributed by atoms with Crippen LogP contribution in [0.3, 0.4) is 0 Å². The molecule has 0 amide bonds. The maximum atomic E-state index is 12.3. The molecule has 0 spiro atoms. The number of halogens is 3. The molecule has 0 aromatic carbocycles. The molecule has 1 fully saturated rings. The number of hydrogen-bond acceptors (Lipinski definition) is 4. The molecule has 1 heterocycles. The Hall–Kier alpha value is -1.84. The van der Waals surface area contributed by atoms with Crippen molar-refractivity contribution in [3.63, 3.8) is 0 Å². The lowest BCUT2D eigenvalue weighted by Gasteiger charge is -2.09. The smallest absolute Gasteiger partial charge is 0.433 e. The number of aromatic nitrogens is 2. The standard InChI is InChI=1S/C10H8F3N3O/c11-10(12,13)7-1-4-15-8(16-7)17-6-9(5-14)2-3-9/h1,4H,2-3,6H2. The highest BCUT2D eigenvalue weighted by atomic mass is 19.4. The molecule has 1 aliphatic carbocycles. The molecule has 1 aliphatic rings. The Morgan fingerprint density at radius 1 is 1.47 bits per heavy atom. The van der Waals surface area contributed by atoms with E-state index in [-0.39, 0.29) is 12.6 Å². The molecule has 4 nitrogen and oxygen atoms in total. The number of rotatable bonds is 3. The lowest BCUT2D eigenvalue weighted by molar-refractivity contribution is -0.141. The van der Waals surface area contributed by atoms with Crippen molar-refractivity contribution in [3.05, 3.63) is 18.0 Å². The molecule has 1 saturated carbocycles. The van der Waals surface area contributed by atoms with Crippen molar-refractivity contribution in [3.8, 4) is 12.1 Å². The molecule has 0 N–H and O–H groups in total. The molecule has 1 aromatic heterocycles. The summed E-state index contributed by atoms with van der Waals surface area (Å²) in [5.74, 6) is 0. The van der Waals surface area contributed by atoms with Crippen molar-refractivity contribution < 1.29 is 17.9 Å². The van der Waals surface area contributed by atoms with Gasteiger partial charge in [-0.1, -0.05) is 0 Å². The predicted octanol–water partition coefficient (Wildman–Crippen LogP) is 2.18. The summed E-state index contributed by atoms with van der Waals surface area (Å²) >= 11 is 0. The van der Waals surface area contributed by atoms with E-state index in [0.717, 1.165) is 12.3 Å². The average molecular weight is 243 g/mol. The van der Waals surface area contributed by atoms with Gasteiger partial charge in [0.15, 0.2) is 5.69 Å². The van der Waals surface area contributed by atoms with E-state index in [1.165, 1.54) is 0 Å². The van der Waals surface area contributed by atoms with Crippen LogP contribution in [0, 0.1) is 16.7 Å². The van der Waals surface area contributed by atoms with Crippen molar-refractivity contribution in [2.75, 3.05) is 6.61 Å². The normalized spacial score (nSPS) is 17.3. The number of alkyl halides is 3. The Bertz CT molecular complexity index is 463. The first-order valence-electron chi connectivity index (χ1n) is 4.90. The van der Waals surface area contributed by atoms with Crippen LogP contribution in [-0.2, 0) is 6.18 Å². The summed E-state index contributed by atoms with van der Waals surface area (Å²) in [6.07, 6.45) is -2.14. The second kappa shape index (κ2) is 3.87. The van der Waals surface area contributed by atoms with Crippen molar-refractivity contribution in [2.45, 2.75) is 19.0 Å². The van der Waals surface area contributed by atoms with Gasteiger partial charge in [0.25, 0.3) is 0 Å². The van der Waals surface area contributed by atoms with Gasteiger partial charge < -0.3 is 4.74 Å². The van der Waals surface area contributed by atoms with Gasteiger partial charge in [-0.3, -0.25) is 0 Å². The first kappa shape index (κ1) is 11.6. The van der Waals surface area contributed by atoms with Crippen molar-refractivity contribution in [2.24, 2.45) is 5.41 Å². The first-order chi connectivity index (χ1) is 7.95. The van der Waals surface area contributed by atoms with Crippen LogP contribution in [0.25, 0.3) is 0 Å². The van der Waals surface area contributed by atoms with Gasteiger partial charge in [0, 0.05) is 6.20 Å². The number of nitrogens with zero attached hydrogens (tertiary/aromatic N) is 3. The molecular weight excluding hydrogens is 235 g/mol. The van der Waals surface area contributed by atoms with Crippen LogP contribution >= 0.6 is 0 Å². The zero-order chi connectivity index (χ0) is 12.5. The molecular formula is C10H8F3N3O. The number of hydrogen-bond donors (Lipinski definition) is 0. The molecule has 0 bridgehead atoms. The summed E-state index contributed by atoms with van der Waals surface area (Å²) in [5, 5.41) is 8.77. The van der Waals surface area contributed by atoms with Crippen LogP contribution < -0.4 is 4.74 Å². The third kappa shape index (κ3) is 2.64. The number of nitriles is 1. The van der Waals surface area contributed by atoms with E-state index < -0.39 is 17.3 Å². The van der Waals surface area contributed by atoms with E-state index in [1.807, 2.05) is 0 Å². The van der Waals surface area contributed by atoms with Crippen molar-refractivity contribution in [1.29, 1.82) is 5.26 Å². The second-order valence-electron chi connectivity index (χ2n) is 3.90. The third-order valence-electron chi connectivity index (χ3n) is 2.49. The summed E-state index contributed by atoms with van der Waals surface area (Å²) in [5.41, 5.74) is -1.61. The van der Waals surface area contributed by atoms with Crippen LogP contribution in [0.1, 0.15) is 18.5 Å². The van der Waals surface area contributed by atoms with Gasteiger partial charge in [-0.2, -0.15) is 23.4 Å². The summed E-state index contributed by atoms with van der Waals surface area (Å²) in [4.78, 5) is 6.82. The van der Waals surface area contributed by atoms with E-state index in [1.54, 1.807) is 0 Å². The number of ether oxygens (including phenoxy) is 1. The third-order valence-corrected chi connectivity index (χ3v) is 2.49. The minimum atomic E-state index is -4.52. The maximum absolute atomic E-state index is 12.3. The zero-order valence-electron chi connectivity index (χ0n) is 8.66. The van der Waals surface area contributed by atoms with E-state index in [0.29, 0.717) is 12.8 Å². The quantitative estimate of drug-likeness (QED) is 0.816. The molecule has 0 unspecified atom stereocenters. The molecule has 17 heavy (non-hydrogen) atoms. The van der Waals surface area contributed by atoms with Gasteiger partial charge in [-0.05, 0) is 18.9 Å². The van der Waals surface area contributed by atoms with Crippen LogP contribution in [0.4, 0.5) is 13.2 Å². The Morgan fingerprint density at radius 2 is 2.18 bits per heavy atom. The molecule has 2 rings (SSSR count). The Kier molecular flexibility index (Phi) is 2.65. The molecule has 0 saturated heterocycles. The van der Waals surface area contributed by atoms with E-state index in [4.69, 9.17) is 10.00 Å².